The maximum absolute atomic E-state index is 9.98. The average Bonchev–Trinajstić information content (AvgIpc) is 1.59. The van der Waals surface area contributed by atoms with Gasteiger partial charge in [0.1, 0.15) is 34.5 Å². The van der Waals surface area contributed by atoms with E-state index in [1.54, 1.807) is 16.7 Å². The lowest BCUT2D eigenvalue weighted by molar-refractivity contribution is 0.436. The summed E-state index contributed by atoms with van der Waals surface area (Å²) in [6.07, 6.45) is 0. The van der Waals surface area contributed by atoms with Crippen LogP contribution in [0, 0.1) is 0 Å². The maximum Gasteiger partial charge on any atom is 0.256 e. The predicted octanol–water partition coefficient (Wildman–Crippen LogP) is 25.5. The lowest BCUT2D eigenvalue weighted by atomic mass is 9.34. The van der Waals surface area contributed by atoms with Crippen molar-refractivity contribution in [3.8, 4) is 102 Å². The molecule has 0 fully saturated rings. The van der Waals surface area contributed by atoms with Crippen LogP contribution in [-0.2, 0) is 16.2 Å². The molecule has 6 aliphatic rings. The summed E-state index contributed by atoms with van der Waals surface area (Å²) in [5, 5.41) is -0.393. The highest BCUT2D eigenvalue weighted by Gasteiger charge is 2.54. The number of aromatic nitrogens is 2. The number of benzene rings is 17. The van der Waals surface area contributed by atoms with Crippen molar-refractivity contribution in [2.45, 2.75) is 37.0 Å². The minimum absolute atomic E-state index is 0.0779. The third-order valence-electron chi connectivity index (χ3n) is 25.0. The van der Waals surface area contributed by atoms with Gasteiger partial charge >= 0.3 is 0 Å². The Morgan fingerprint density at radius 2 is 0.678 bits per heavy atom. The van der Waals surface area contributed by atoms with Gasteiger partial charge in [-0.2, -0.15) is 0 Å². The number of anilines is 3. The van der Waals surface area contributed by atoms with Crippen molar-refractivity contribution in [3.05, 3.63) is 420 Å². The zero-order chi connectivity index (χ0) is 89.7. The molecule has 17 aromatic carbocycles. The summed E-state index contributed by atoms with van der Waals surface area (Å²) in [4.78, 5) is 2.24. The fourth-order valence-corrected chi connectivity index (χ4v) is 20.2. The highest BCUT2D eigenvalue weighted by molar-refractivity contribution is 6.99. The number of fused-ring (bicyclic) bond motifs is 28. The second kappa shape index (κ2) is 23.6. The largest absolute Gasteiger partial charge is 0.458 e. The number of para-hydroxylation sites is 7. The summed E-state index contributed by atoms with van der Waals surface area (Å²) >= 11 is 0. The normalized spacial score (nSPS) is 16.1. The topological polar surface area (TPSA) is 40.8 Å². The Labute approximate surface area is 688 Å². The Morgan fingerprint density at radius 1 is 0.296 bits per heavy atom. The van der Waals surface area contributed by atoms with Crippen LogP contribution in [0.1, 0.15) is 92.8 Å². The van der Waals surface area contributed by atoms with Crippen LogP contribution in [0.3, 0.4) is 0 Å². The molecule has 0 bridgehead atoms. The van der Waals surface area contributed by atoms with Crippen molar-refractivity contribution in [1.82, 2.24) is 9.13 Å². The molecule has 25 rings (SSSR count). The van der Waals surface area contributed by atoms with E-state index in [0.717, 1.165) is 89.0 Å². The Hall–Kier alpha value is -14.4. The van der Waals surface area contributed by atoms with Gasteiger partial charge in [-0.1, -0.05) is 306 Å². The molecule has 6 nitrogen and oxygen atoms in total. The average molecular weight is 1480 g/mol. The zero-order valence-corrected chi connectivity index (χ0v) is 62.1. The van der Waals surface area contributed by atoms with E-state index < -0.39 is 114 Å². The number of ether oxygens (including phenoxy) is 3. The summed E-state index contributed by atoms with van der Waals surface area (Å²) in [6, 6.07) is 85.4. The molecule has 115 heavy (non-hydrogen) atoms. The summed E-state index contributed by atoms with van der Waals surface area (Å²) in [6.45, 7) is 5.66. The van der Waals surface area contributed by atoms with Crippen LogP contribution in [0.4, 0.5) is 17.1 Å². The number of hydrogen-bond donors (Lipinski definition) is 0. The van der Waals surface area contributed by atoms with E-state index in [1.807, 2.05) is 54.6 Å². The van der Waals surface area contributed by atoms with Gasteiger partial charge in [-0.05, 0) is 173 Å². The van der Waals surface area contributed by atoms with E-state index in [-0.39, 0.29) is 66.2 Å². The quantitative estimate of drug-likeness (QED) is 0.156. The first-order valence-electron chi connectivity index (χ1n) is 46.7. The number of nitrogens with zero attached hydrogens (tertiary/aromatic N) is 3. The molecule has 0 saturated heterocycles. The molecule has 0 radical (unpaired) electrons. The van der Waals surface area contributed by atoms with E-state index in [2.05, 4.69) is 232 Å². The van der Waals surface area contributed by atoms with Gasteiger partial charge < -0.3 is 28.2 Å². The monoisotopic (exact) mass is 1480 g/mol. The highest BCUT2D eigenvalue weighted by atomic mass is 16.5. The van der Waals surface area contributed by atoms with Crippen molar-refractivity contribution in [1.29, 1.82) is 0 Å². The minimum Gasteiger partial charge on any atom is -0.458 e. The minimum atomic E-state index is -0.845. The lowest BCUT2D eigenvalue weighted by Crippen LogP contribution is -2.59. The Kier molecular flexibility index (Phi) is 10.4. The third-order valence-corrected chi connectivity index (χ3v) is 25.0. The first-order valence-corrected chi connectivity index (χ1v) is 38.7. The first kappa shape index (κ1) is 50.5. The van der Waals surface area contributed by atoms with Gasteiger partial charge in [-0.25, -0.2) is 0 Å². The molecule has 0 saturated carbocycles. The van der Waals surface area contributed by atoms with Crippen LogP contribution >= 0.6 is 0 Å². The summed E-state index contributed by atoms with van der Waals surface area (Å²) < 4.78 is 176. The third kappa shape index (κ3) is 8.73. The molecule has 4 aliphatic heterocycles. The zero-order valence-electron chi connectivity index (χ0n) is 78.1. The SMILES string of the molecule is [2H]c1c([2H])c([2H])c2c(c1[2H])c1c([2H])c([2H])c([2H])c([2H])c1n2-c1ccc2c(c1)Oc1cc(-c3ccc(C(C)(C)C)cc3)cc3c1B2c1ccc(-n2c4c([2H])c([2H])c([2H])c([2H])c4c4c([2H])c([2H])c([2H])c([2H])c42)cc1N3c1c(-c2ccc3c(c2)Oc2ccccc2C32c3ccccc3-c3ccccc32)cccc1-c1ccc2c(c1)Oc1ccccc1C21c2ccccc2-c2ccccc21. The van der Waals surface area contributed by atoms with Gasteiger partial charge in [0, 0.05) is 83.7 Å². The molecule has 7 heteroatoms. The molecule has 0 amide bonds. The van der Waals surface area contributed by atoms with E-state index in [1.165, 1.54) is 4.57 Å². The van der Waals surface area contributed by atoms with Crippen molar-refractivity contribution in [2.75, 3.05) is 4.90 Å². The van der Waals surface area contributed by atoms with Crippen molar-refractivity contribution in [3.63, 3.8) is 0 Å². The van der Waals surface area contributed by atoms with E-state index in [9.17, 15) is 16.4 Å². The van der Waals surface area contributed by atoms with Crippen molar-refractivity contribution >= 4 is 83.8 Å². The van der Waals surface area contributed by atoms with E-state index >= 15 is 0 Å². The summed E-state index contributed by atoms with van der Waals surface area (Å²) in [7, 11) is 0. The first-order chi connectivity index (χ1) is 63.3. The summed E-state index contributed by atoms with van der Waals surface area (Å²) in [5.74, 6) is 3.27. The lowest BCUT2D eigenvalue weighted by Gasteiger charge is -2.42. The Bertz CT molecular complexity index is 8050. The molecule has 2 aromatic heterocycles. The van der Waals surface area contributed by atoms with Crippen LogP contribution < -0.4 is 35.5 Å². The van der Waals surface area contributed by atoms with Crippen LogP contribution in [0.2, 0.25) is 0 Å². The van der Waals surface area contributed by atoms with Crippen LogP contribution in [0.5, 0.6) is 34.5 Å². The van der Waals surface area contributed by atoms with E-state index in [0.29, 0.717) is 78.9 Å². The fraction of sp³-hybridized carbons (Fsp3) is 0.0556. The van der Waals surface area contributed by atoms with Gasteiger partial charge in [0.05, 0.1) is 60.5 Å². The predicted molar refractivity (Wildman–Crippen MR) is 471 cm³/mol. The Morgan fingerprint density at radius 3 is 1.15 bits per heavy atom. The number of rotatable bonds is 6. The second-order valence-electron chi connectivity index (χ2n) is 31.6. The van der Waals surface area contributed by atoms with Gasteiger partial charge in [0.25, 0.3) is 6.71 Å². The molecular formula is C108H70BN3O3. The van der Waals surface area contributed by atoms with Crippen molar-refractivity contribution in [2.24, 2.45) is 0 Å². The van der Waals surface area contributed by atoms with E-state index in [4.69, 9.17) is 19.7 Å². The van der Waals surface area contributed by atoms with Crippen LogP contribution in [-0.4, -0.2) is 15.8 Å². The maximum atomic E-state index is 9.98. The molecule has 0 N–H and O–H groups in total. The van der Waals surface area contributed by atoms with Gasteiger partial charge in [0.15, 0.2) is 0 Å². The molecule has 2 spiro atoms. The van der Waals surface area contributed by atoms with Crippen LogP contribution in [0.15, 0.2) is 370 Å². The van der Waals surface area contributed by atoms with Crippen molar-refractivity contribution < 1.29 is 36.1 Å². The second-order valence-corrected chi connectivity index (χ2v) is 31.6. The molecule has 0 unspecified atom stereocenters. The molecule has 0 atom stereocenters. The van der Waals surface area contributed by atoms with Gasteiger partial charge in [0.2, 0.25) is 0 Å². The number of hydrogen-bond acceptors (Lipinski definition) is 4. The Balaban J connectivity index is 0.814. The molecule has 19 aromatic rings. The smallest absolute Gasteiger partial charge is 0.256 e. The standard InChI is InChI=1S/C108H70BN3O3/c1-106(2,3)69-51-47-65(48-52-69)68-59-97-104-103(62-68)115-102-64-71(111-94-43-20-10-31-80(94)81-32-11-21-44-95(81)111)54-58-91(102)109(104)90-57-53-70(110-92-41-18-8-29-78(92)79-30-9-19-42-93(79)110)63-96(90)112(97)105-72(66-49-55-88-100(60-66)113-98-45-22-16-39-86(98)107(88)82-35-12-4-25-74(82)75-26-5-13-36-83(75)107)33-24-34-73(105)67-50-56-89-101(61-67)114-99-46-23-17-40-87(99)108(89)84-37-14-6-27-76(84)77-28-7-15-38-85(77)108/h4-64H,1-3H3/i8D,9D,10D,11D,18D,19D,20D,21D,29D,30D,31D,32D,41D,42D,43D,44D. The van der Waals surface area contributed by atoms with Gasteiger partial charge in [-0.15, -0.1) is 0 Å². The molecular weight excluding hydrogens is 1400 g/mol. The molecule has 538 valence electrons. The highest BCUT2D eigenvalue weighted by Crippen LogP contribution is 2.65. The van der Waals surface area contributed by atoms with Gasteiger partial charge in [-0.3, -0.25) is 0 Å². The molecule has 6 heterocycles. The van der Waals surface area contributed by atoms with Crippen LogP contribution in [0.25, 0.3) is 111 Å². The fourth-order valence-electron chi connectivity index (χ4n) is 20.2. The summed E-state index contributed by atoms with van der Waals surface area (Å²) in [5.41, 5.74) is 20.1. The molecule has 2 aliphatic carbocycles.